The van der Waals surface area contributed by atoms with Gasteiger partial charge in [0.15, 0.2) is 0 Å². The smallest absolute Gasteiger partial charge is 0.317 e. The van der Waals surface area contributed by atoms with E-state index in [9.17, 15) is 14.7 Å². The van der Waals surface area contributed by atoms with Crippen LogP contribution in [0.25, 0.3) is 0 Å². The molecule has 116 valence electrons. The van der Waals surface area contributed by atoms with Crippen molar-refractivity contribution in [3.8, 4) is 0 Å². The van der Waals surface area contributed by atoms with E-state index in [1.807, 2.05) is 20.2 Å². The van der Waals surface area contributed by atoms with Gasteiger partial charge in [0.05, 0.1) is 11.1 Å². The Balaban J connectivity index is 1.85. The monoisotopic (exact) mass is 294 g/mol. The number of aryl methyl sites for hydroxylation is 2. The van der Waals surface area contributed by atoms with Crippen molar-refractivity contribution in [2.24, 2.45) is 12.5 Å². The van der Waals surface area contributed by atoms with E-state index >= 15 is 0 Å². The molecule has 0 radical (unpaired) electrons. The highest BCUT2D eigenvalue weighted by molar-refractivity contribution is 5.77. The average molecular weight is 294 g/mol. The maximum absolute atomic E-state index is 12.1. The van der Waals surface area contributed by atoms with Gasteiger partial charge in [-0.15, -0.1) is 0 Å². The summed E-state index contributed by atoms with van der Waals surface area (Å²) < 4.78 is 1.72. The van der Waals surface area contributed by atoms with E-state index in [0.29, 0.717) is 32.5 Å². The molecule has 1 fully saturated rings. The number of carboxylic acids is 1. The van der Waals surface area contributed by atoms with E-state index in [0.717, 1.165) is 11.3 Å². The number of piperidine rings is 1. The lowest BCUT2D eigenvalue weighted by Crippen LogP contribution is -2.48. The average Bonchev–Trinajstić information content (AvgIpc) is 2.75. The number of aliphatic carboxylic acids is 1. The molecular weight excluding hydrogens is 272 g/mol. The zero-order chi connectivity index (χ0) is 15.6. The molecular formula is C14H22N4O3. The number of nitrogens with zero attached hydrogens (tertiary/aromatic N) is 3. The molecule has 2 amide bonds. The number of aromatic nitrogens is 2. The Kier molecular flexibility index (Phi) is 4.20. The number of amides is 2. The van der Waals surface area contributed by atoms with Gasteiger partial charge in [-0.2, -0.15) is 5.10 Å². The molecule has 1 saturated heterocycles. The van der Waals surface area contributed by atoms with Crippen molar-refractivity contribution in [1.82, 2.24) is 20.0 Å². The molecule has 7 heteroatoms. The number of likely N-dealkylation sites (tertiary alicyclic amines) is 1. The summed E-state index contributed by atoms with van der Waals surface area (Å²) in [6, 6.07) is -0.148. The van der Waals surface area contributed by atoms with E-state index < -0.39 is 11.4 Å². The number of nitrogens with one attached hydrogen (secondary N) is 1. The van der Waals surface area contributed by atoms with Crippen molar-refractivity contribution < 1.29 is 14.7 Å². The summed E-state index contributed by atoms with van der Waals surface area (Å²) >= 11 is 0. The molecule has 2 N–H and O–H groups in total. The summed E-state index contributed by atoms with van der Waals surface area (Å²) in [6.45, 7) is 5.02. The number of hydrogen-bond donors (Lipinski definition) is 2. The topological polar surface area (TPSA) is 87.5 Å². The summed E-state index contributed by atoms with van der Waals surface area (Å²) in [5, 5.41) is 16.3. The van der Waals surface area contributed by atoms with Gasteiger partial charge in [0.2, 0.25) is 0 Å². The van der Waals surface area contributed by atoms with Crippen LogP contribution in [-0.2, 0) is 18.4 Å². The van der Waals surface area contributed by atoms with Crippen LogP contribution in [0.15, 0.2) is 6.20 Å². The highest BCUT2D eigenvalue weighted by atomic mass is 16.4. The van der Waals surface area contributed by atoms with Crippen molar-refractivity contribution in [2.45, 2.75) is 33.2 Å². The van der Waals surface area contributed by atoms with Gasteiger partial charge >= 0.3 is 12.0 Å². The molecule has 7 nitrogen and oxygen atoms in total. The van der Waals surface area contributed by atoms with Crippen molar-refractivity contribution in [1.29, 1.82) is 0 Å². The van der Waals surface area contributed by atoms with Crippen molar-refractivity contribution in [2.75, 3.05) is 13.1 Å². The molecule has 21 heavy (non-hydrogen) atoms. The molecule has 0 bridgehead atoms. The fourth-order valence-corrected chi connectivity index (χ4v) is 2.52. The van der Waals surface area contributed by atoms with Gasteiger partial charge < -0.3 is 15.3 Å². The number of carboxylic acid groups (broad SMARTS) is 1. The van der Waals surface area contributed by atoms with Gasteiger partial charge in [-0.25, -0.2) is 4.79 Å². The molecule has 2 rings (SSSR count). The van der Waals surface area contributed by atoms with Gasteiger partial charge in [0.1, 0.15) is 0 Å². The second-order valence-corrected chi connectivity index (χ2v) is 5.92. The minimum atomic E-state index is -0.784. The number of hydrogen-bond acceptors (Lipinski definition) is 3. The van der Waals surface area contributed by atoms with Crippen LogP contribution in [0.4, 0.5) is 4.79 Å². The summed E-state index contributed by atoms with van der Waals surface area (Å²) in [5.74, 6) is -0.784. The number of rotatable bonds is 3. The lowest BCUT2D eigenvalue weighted by atomic mass is 9.80. The lowest BCUT2D eigenvalue weighted by molar-refractivity contribution is -0.150. The van der Waals surface area contributed by atoms with Crippen LogP contribution < -0.4 is 5.32 Å². The second-order valence-electron chi connectivity index (χ2n) is 5.92. The highest BCUT2D eigenvalue weighted by Gasteiger charge is 2.37. The minimum Gasteiger partial charge on any atom is -0.481 e. The molecule has 2 heterocycles. The second kappa shape index (κ2) is 5.75. The number of carbonyl (C=O) groups is 2. The zero-order valence-electron chi connectivity index (χ0n) is 12.7. The first-order valence-electron chi connectivity index (χ1n) is 7.07. The van der Waals surface area contributed by atoms with Gasteiger partial charge in [-0.1, -0.05) is 0 Å². The fraction of sp³-hybridized carbons (Fsp3) is 0.643. The van der Waals surface area contributed by atoms with Crippen LogP contribution in [0.2, 0.25) is 0 Å². The maximum Gasteiger partial charge on any atom is 0.317 e. The first kappa shape index (κ1) is 15.3. The molecule has 1 aliphatic rings. The molecule has 1 aliphatic heterocycles. The predicted octanol–water partition coefficient (Wildman–Crippen LogP) is 1.12. The van der Waals surface area contributed by atoms with Crippen molar-refractivity contribution in [3.05, 3.63) is 17.5 Å². The predicted molar refractivity (Wildman–Crippen MR) is 76.7 cm³/mol. The van der Waals surface area contributed by atoms with Crippen LogP contribution in [0.3, 0.4) is 0 Å². The van der Waals surface area contributed by atoms with E-state index in [1.165, 1.54) is 0 Å². The summed E-state index contributed by atoms with van der Waals surface area (Å²) in [4.78, 5) is 25.0. The summed E-state index contributed by atoms with van der Waals surface area (Å²) in [7, 11) is 1.84. The van der Waals surface area contributed by atoms with Gasteiger partial charge in [0, 0.05) is 38.4 Å². The zero-order valence-corrected chi connectivity index (χ0v) is 12.7. The Labute approximate surface area is 123 Å². The molecule has 0 spiro atoms. The number of urea groups is 1. The van der Waals surface area contributed by atoms with Gasteiger partial charge in [-0.3, -0.25) is 9.48 Å². The largest absolute Gasteiger partial charge is 0.481 e. The Morgan fingerprint density at radius 2 is 2.05 bits per heavy atom. The Morgan fingerprint density at radius 1 is 1.43 bits per heavy atom. The first-order chi connectivity index (χ1) is 9.82. The van der Waals surface area contributed by atoms with E-state index in [2.05, 4.69) is 10.4 Å². The first-order valence-corrected chi connectivity index (χ1v) is 7.07. The number of carbonyl (C=O) groups excluding carboxylic acids is 1. The quantitative estimate of drug-likeness (QED) is 0.874. The van der Waals surface area contributed by atoms with Crippen LogP contribution in [0, 0.1) is 12.3 Å². The molecule has 0 aliphatic carbocycles. The van der Waals surface area contributed by atoms with Crippen molar-refractivity contribution >= 4 is 12.0 Å². The summed E-state index contributed by atoms with van der Waals surface area (Å²) in [6.07, 6.45) is 2.86. The third-order valence-electron chi connectivity index (χ3n) is 4.22. The van der Waals surface area contributed by atoms with E-state index in [-0.39, 0.29) is 6.03 Å². The highest BCUT2D eigenvalue weighted by Crippen LogP contribution is 2.30. The maximum atomic E-state index is 12.1. The Hall–Kier alpha value is -2.05. The van der Waals surface area contributed by atoms with Gasteiger partial charge in [0.25, 0.3) is 0 Å². The minimum absolute atomic E-state index is 0.148. The van der Waals surface area contributed by atoms with Gasteiger partial charge in [-0.05, 0) is 26.7 Å². The molecule has 0 saturated carbocycles. The molecule has 1 aromatic rings. The molecule has 0 atom stereocenters. The summed E-state index contributed by atoms with van der Waals surface area (Å²) in [5.41, 5.74) is 1.17. The Bertz CT molecular complexity index is 544. The van der Waals surface area contributed by atoms with E-state index in [4.69, 9.17) is 0 Å². The molecule has 1 aromatic heterocycles. The molecule has 0 aromatic carbocycles. The normalized spacial score (nSPS) is 17.6. The van der Waals surface area contributed by atoms with Crippen LogP contribution in [0.5, 0.6) is 0 Å². The van der Waals surface area contributed by atoms with E-state index in [1.54, 1.807) is 16.5 Å². The Morgan fingerprint density at radius 3 is 2.52 bits per heavy atom. The molecule has 0 unspecified atom stereocenters. The third kappa shape index (κ3) is 3.34. The standard InChI is InChI=1S/C14H22N4O3/c1-10-11(9-17(3)16-10)8-15-13(21)18-6-4-14(2,5-7-18)12(19)20/h9H,4-8H2,1-3H3,(H,15,21)(H,19,20). The SMILES string of the molecule is Cc1nn(C)cc1CNC(=O)N1CCC(C)(C(=O)O)CC1. The van der Waals surface area contributed by atoms with Crippen LogP contribution in [0.1, 0.15) is 31.0 Å². The fourth-order valence-electron chi connectivity index (χ4n) is 2.52. The van der Waals surface area contributed by atoms with Crippen LogP contribution in [-0.4, -0.2) is 44.9 Å². The van der Waals surface area contributed by atoms with Crippen molar-refractivity contribution in [3.63, 3.8) is 0 Å². The third-order valence-corrected chi connectivity index (χ3v) is 4.22. The lowest BCUT2D eigenvalue weighted by Gasteiger charge is -2.36. The van der Waals surface area contributed by atoms with Crippen LogP contribution >= 0.6 is 0 Å².